The topological polar surface area (TPSA) is 81.9 Å². The summed E-state index contributed by atoms with van der Waals surface area (Å²) in [5.41, 5.74) is 1.36. The van der Waals surface area contributed by atoms with Gasteiger partial charge in [0.1, 0.15) is 12.1 Å². The van der Waals surface area contributed by atoms with E-state index < -0.39 is 6.10 Å². The van der Waals surface area contributed by atoms with Crippen LogP contribution >= 0.6 is 11.6 Å². The Morgan fingerprint density at radius 2 is 2.04 bits per heavy atom. The van der Waals surface area contributed by atoms with Crippen molar-refractivity contribution in [1.29, 1.82) is 0 Å². The van der Waals surface area contributed by atoms with Gasteiger partial charge in [-0.3, -0.25) is 4.79 Å². The fourth-order valence-electron chi connectivity index (χ4n) is 2.02. The first-order chi connectivity index (χ1) is 11.6. The molecule has 1 amide bonds. The van der Waals surface area contributed by atoms with Crippen molar-refractivity contribution in [2.45, 2.75) is 13.0 Å². The molecule has 122 valence electrons. The highest BCUT2D eigenvalue weighted by Gasteiger charge is 2.15. The molecule has 0 fully saturated rings. The number of anilines is 1. The maximum atomic E-state index is 12.3. The zero-order valence-electron chi connectivity index (χ0n) is 12.8. The summed E-state index contributed by atoms with van der Waals surface area (Å²) in [6.45, 7) is 1.68. The molecule has 0 unspecified atom stereocenters. The molecule has 0 radical (unpaired) electrons. The van der Waals surface area contributed by atoms with Crippen molar-refractivity contribution in [1.82, 2.24) is 20.2 Å². The van der Waals surface area contributed by atoms with Crippen LogP contribution in [-0.4, -0.2) is 32.2 Å². The molecule has 0 aliphatic carbocycles. The van der Waals surface area contributed by atoms with Gasteiger partial charge in [0.25, 0.3) is 5.91 Å². The third kappa shape index (κ3) is 3.88. The van der Waals surface area contributed by atoms with E-state index in [0.29, 0.717) is 16.5 Å². The number of rotatable bonds is 5. The Morgan fingerprint density at radius 1 is 1.25 bits per heavy atom. The van der Waals surface area contributed by atoms with Crippen molar-refractivity contribution < 1.29 is 9.53 Å². The minimum Gasteiger partial charge on any atom is -0.481 e. The van der Waals surface area contributed by atoms with Gasteiger partial charge in [0, 0.05) is 10.7 Å². The van der Waals surface area contributed by atoms with Crippen LogP contribution in [-0.2, 0) is 4.79 Å². The molecule has 0 aliphatic rings. The molecule has 0 spiro atoms. The lowest BCUT2D eigenvalue weighted by atomic mass is 10.2. The summed E-state index contributed by atoms with van der Waals surface area (Å²) < 4.78 is 7.10. The van der Waals surface area contributed by atoms with E-state index >= 15 is 0 Å². The maximum Gasteiger partial charge on any atom is 0.265 e. The third-order valence-electron chi connectivity index (χ3n) is 3.22. The number of nitrogens with one attached hydrogen (secondary N) is 1. The Bertz CT molecular complexity index is 821. The number of ether oxygens (including phenoxy) is 1. The lowest BCUT2D eigenvalue weighted by Crippen LogP contribution is -2.30. The minimum atomic E-state index is -0.664. The molecule has 0 saturated carbocycles. The second-order valence-electron chi connectivity index (χ2n) is 5.01. The standard InChI is InChI=1S/C16H14ClN5O2/c1-11(24-15-7-5-12(17)6-8-15)16(23)19-13-3-2-4-14(9-13)22-10-18-20-21-22/h2-11H,1H3,(H,19,23)/t11-/m0/s1. The number of hydrogen-bond acceptors (Lipinski definition) is 5. The van der Waals surface area contributed by atoms with E-state index in [-0.39, 0.29) is 5.91 Å². The molecule has 8 heteroatoms. The van der Waals surface area contributed by atoms with Crippen LogP contribution in [0.3, 0.4) is 0 Å². The van der Waals surface area contributed by atoms with Gasteiger partial charge in [-0.15, -0.1) is 5.10 Å². The zero-order chi connectivity index (χ0) is 16.9. The van der Waals surface area contributed by atoms with Crippen LogP contribution in [0.5, 0.6) is 5.75 Å². The molecule has 3 aromatic rings. The predicted octanol–water partition coefficient (Wildman–Crippen LogP) is 2.72. The number of benzene rings is 2. The largest absolute Gasteiger partial charge is 0.481 e. The fraction of sp³-hybridized carbons (Fsp3) is 0.125. The lowest BCUT2D eigenvalue weighted by Gasteiger charge is -2.15. The highest BCUT2D eigenvalue weighted by Crippen LogP contribution is 2.18. The third-order valence-corrected chi connectivity index (χ3v) is 3.47. The van der Waals surface area contributed by atoms with Crippen LogP contribution < -0.4 is 10.1 Å². The van der Waals surface area contributed by atoms with Crippen molar-refractivity contribution in [2.24, 2.45) is 0 Å². The number of halogens is 1. The van der Waals surface area contributed by atoms with Crippen molar-refractivity contribution in [3.8, 4) is 11.4 Å². The first kappa shape index (κ1) is 15.9. The highest BCUT2D eigenvalue weighted by atomic mass is 35.5. The summed E-state index contributed by atoms with van der Waals surface area (Å²) >= 11 is 5.82. The molecule has 7 nitrogen and oxygen atoms in total. The molecule has 3 rings (SSSR count). The predicted molar refractivity (Wildman–Crippen MR) is 89.3 cm³/mol. The second-order valence-corrected chi connectivity index (χ2v) is 5.44. The number of aromatic nitrogens is 4. The Labute approximate surface area is 143 Å². The van der Waals surface area contributed by atoms with Crippen LogP contribution in [0.2, 0.25) is 5.02 Å². The van der Waals surface area contributed by atoms with E-state index in [1.54, 1.807) is 49.4 Å². The van der Waals surface area contributed by atoms with Gasteiger partial charge in [-0.1, -0.05) is 17.7 Å². The van der Waals surface area contributed by atoms with E-state index in [4.69, 9.17) is 16.3 Å². The molecule has 1 heterocycles. The van der Waals surface area contributed by atoms with Gasteiger partial charge in [0.05, 0.1) is 5.69 Å². The van der Waals surface area contributed by atoms with Gasteiger partial charge >= 0.3 is 0 Å². The van der Waals surface area contributed by atoms with Crippen LogP contribution in [0.1, 0.15) is 6.92 Å². The number of carbonyl (C=O) groups excluding carboxylic acids is 1. The molecule has 1 atom stereocenters. The molecular formula is C16H14ClN5O2. The Kier molecular flexibility index (Phi) is 4.72. The summed E-state index contributed by atoms with van der Waals surface area (Å²) in [4.78, 5) is 12.3. The number of hydrogen-bond donors (Lipinski definition) is 1. The monoisotopic (exact) mass is 343 g/mol. The van der Waals surface area contributed by atoms with Crippen LogP contribution in [0.15, 0.2) is 54.9 Å². The van der Waals surface area contributed by atoms with E-state index in [0.717, 1.165) is 5.69 Å². The van der Waals surface area contributed by atoms with E-state index in [1.807, 2.05) is 6.07 Å². The first-order valence-electron chi connectivity index (χ1n) is 7.18. The van der Waals surface area contributed by atoms with Gasteiger partial charge in [0.2, 0.25) is 0 Å². The smallest absolute Gasteiger partial charge is 0.265 e. The zero-order valence-corrected chi connectivity index (χ0v) is 13.5. The van der Waals surface area contributed by atoms with E-state index in [1.165, 1.54) is 11.0 Å². The molecule has 1 aromatic heterocycles. The summed E-state index contributed by atoms with van der Waals surface area (Å²) in [6, 6.07) is 14.0. The first-order valence-corrected chi connectivity index (χ1v) is 7.56. The van der Waals surface area contributed by atoms with Gasteiger partial charge in [-0.25, -0.2) is 4.68 Å². The normalized spacial score (nSPS) is 11.8. The lowest BCUT2D eigenvalue weighted by molar-refractivity contribution is -0.122. The average Bonchev–Trinajstić information content (AvgIpc) is 3.12. The van der Waals surface area contributed by atoms with Crippen molar-refractivity contribution in [3.63, 3.8) is 0 Å². The Hall–Kier alpha value is -2.93. The highest BCUT2D eigenvalue weighted by molar-refractivity contribution is 6.30. The van der Waals surface area contributed by atoms with Gasteiger partial charge in [-0.05, 0) is 59.8 Å². The van der Waals surface area contributed by atoms with Crippen molar-refractivity contribution in [2.75, 3.05) is 5.32 Å². The number of carbonyl (C=O) groups is 1. The average molecular weight is 344 g/mol. The van der Waals surface area contributed by atoms with Crippen molar-refractivity contribution >= 4 is 23.2 Å². The number of tetrazole rings is 1. The van der Waals surface area contributed by atoms with Crippen molar-refractivity contribution in [3.05, 3.63) is 59.9 Å². The van der Waals surface area contributed by atoms with E-state index in [9.17, 15) is 4.79 Å². The SMILES string of the molecule is C[C@H](Oc1ccc(Cl)cc1)C(=O)Nc1cccc(-n2cnnn2)c1. The molecule has 24 heavy (non-hydrogen) atoms. The summed E-state index contributed by atoms with van der Waals surface area (Å²) in [7, 11) is 0. The fourth-order valence-corrected chi connectivity index (χ4v) is 2.15. The summed E-state index contributed by atoms with van der Waals surface area (Å²) in [6.07, 6.45) is 0.815. The molecule has 1 N–H and O–H groups in total. The molecule has 0 aliphatic heterocycles. The summed E-state index contributed by atoms with van der Waals surface area (Å²) in [5.74, 6) is 0.309. The quantitative estimate of drug-likeness (QED) is 0.770. The minimum absolute atomic E-state index is 0.265. The molecule has 0 bridgehead atoms. The van der Waals surface area contributed by atoms with E-state index in [2.05, 4.69) is 20.8 Å². The maximum absolute atomic E-state index is 12.3. The van der Waals surface area contributed by atoms with Crippen LogP contribution in [0.4, 0.5) is 5.69 Å². The van der Waals surface area contributed by atoms with Gasteiger partial charge in [-0.2, -0.15) is 0 Å². The van der Waals surface area contributed by atoms with Gasteiger partial charge < -0.3 is 10.1 Å². The van der Waals surface area contributed by atoms with Crippen LogP contribution in [0.25, 0.3) is 5.69 Å². The number of nitrogens with zero attached hydrogens (tertiary/aromatic N) is 4. The van der Waals surface area contributed by atoms with Gasteiger partial charge in [0.15, 0.2) is 6.10 Å². The molecule has 2 aromatic carbocycles. The summed E-state index contributed by atoms with van der Waals surface area (Å²) in [5, 5.41) is 14.4. The Balaban J connectivity index is 1.66. The second kappa shape index (κ2) is 7.10. The van der Waals surface area contributed by atoms with Crippen LogP contribution in [0, 0.1) is 0 Å². The molecular weight excluding hydrogens is 330 g/mol. The number of amides is 1. The Morgan fingerprint density at radius 3 is 2.75 bits per heavy atom. The molecule has 0 saturated heterocycles.